The van der Waals surface area contributed by atoms with Crippen LogP contribution in [0.1, 0.15) is 5.56 Å². The number of rotatable bonds is 4. The van der Waals surface area contributed by atoms with Crippen LogP contribution in [0.4, 0.5) is 24.5 Å². The summed E-state index contributed by atoms with van der Waals surface area (Å²) in [7, 11) is 0. The van der Waals surface area contributed by atoms with Gasteiger partial charge in [0.05, 0.1) is 0 Å². The highest BCUT2D eigenvalue weighted by atomic mass is 19.4. The average molecular weight is 360 g/mol. The van der Waals surface area contributed by atoms with Crippen molar-refractivity contribution in [1.29, 1.82) is 0 Å². The molecule has 0 unspecified atom stereocenters. The highest BCUT2D eigenvalue weighted by Gasteiger charge is 2.38. The van der Waals surface area contributed by atoms with Crippen molar-refractivity contribution in [2.45, 2.75) is 6.18 Å². The Labute approximate surface area is 147 Å². The van der Waals surface area contributed by atoms with Crippen LogP contribution in [0.3, 0.4) is 0 Å². The molecule has 0 atom stereocenters. The molecule has 3 aromatic rings. The van der Waals surface area contributed by atoms with Crippen LogP contribution in [0.25, 0.3) is 0 Å². The molecule has 3 aromatic carbocycles. The van der Waals surface area contributed by atoms with Gasteiger partial charge in [0, 0.05) is 23.5 Å². The van der Waals surface area contributed by atoms with E-state index in [-0.39, 0.29) is 23.0 Å². The van der Waals surface area contributed by atoms with E-state index in [9.17, 15) is 13.2 Å². The van der Waals surface area contributed by atoms with E-state index in [0.717, 1.165) is 0 Å². The highest BCUT2D eigenvalue weighted by molar-refractivity contribution is 5.53. The first kappa shape index (κ1) is 17.5. The Balaban J connectivity index is 2.02. The SMILES string of the molecule is Nc1cccc(Oc2cccc(Oc3cccc(N)c3)c2C(F)(F)F)c1. The van der Waals surface area contributed by atoms with Crippen molar-refractivity contribution in [2.75, 3.05) is 11.5 Å². The maximum absolute atomic E-state index is 13.7. The van der Waals surface area contributed by atoms with Gasteiger partial charge in [0.25, 0.3) is 0 Å². The van der Waals surface area contributed by atoms with Crippen molar-refractivity contribution in [3.8, 4) is 23.0 Å². The van der Waals surface area contributed by atoms with Gasteiger partial charge in [0.15, 0.2) is 0 Å². The van der Waals surface area contributed by atoms with Crippen molar-refractivity contribution >= 4 is 11.4 Å². The number of hydrogen-bond acceptors (Lipinski definition) is 4. The Bertz CT molecular complexity index is 861. The summed E-state index contributed by atoms with van der Waals surface area (Å²) < 4.78 is 51.8. The lowest BCUT2D eigenvalue weighted by Crippen LogP contribution is -2.09. The third-order valence-corrected chi connectivity index (χ3v) is 3.44. The Morgan fingerprint density at radius 2 is 1.08 bits per heavy atom. The maximum Gasteiger partial charge on any atom is 0.423 e. The minimum atomic E-state index is -4.69. The summed E-state index contributed by atoms with van der Waals surface area (Å²) in [4.78, 5) is 0. The van der Waals surface area contributed by atoms with Crippen LogP contribution >= 0.6 is 0 Å². The first-order chi connectivity index (χ1) is 12.3. The molecule has 0 fully saturated rings. The van der Waals surface area contributed by atoms with E-state index in [1.807, 2.05) is 0 Å². The van der Waals surface area contributed by atoms with Crippen LogP contribution < -0.4 is 20.9 Å². The summed E-state index contributed by atoms with van der Waals surface area (Å²) >= 11 is 0. The molecule has 0 saturated heterocycles. The summed E-state index contributed by atoms with van der Waals surface area (Å²) in [5, 5.41) is 0. The highest BCUT2D eigenvalue weighted by Crippen LogP contribution is 2.45. The number of alkyl halides is 3. The fourth-order valence-corrected chi connectivity index (χ4v) is 2.37. The van der Waals surface area contributed by atoms with E-state index in [4.69, 9.17) is 20.9 Å². The van der Waals surface area contributed by atoms with Crippen molar-refractivity contribution in [3.63, 3.8) is 0 Å². The standard InChI is InChI=1S/C19H15F3N2O2/c20-19(21,22)18-16(25-14-6-1-4-12(23)10-14)8-3-9-17(18)26-15-7-2-5-13(24)11-15/h1-11H,23-24H2. The molecule has 0 heterocycles. The van der Waals surface area contributed by atoms with E-state index in [1.54, 1.807) is 24.3 Å². The monoisotopic (exact) mass is 360 g/mol. The fourth-order valence-electron chi connectivity index (χ4n) is 2.37. The summed E-state index contributed by atoms with van der Waals surface area (Å²) in [6, 6.07) is 16.2. The molecule has 134 valence electrons. The largest absolute Gasteiger partial charge is 0.457 e. The average Bonchev–Trinajstić information content (AvgIpc) is 2.54. The predicted molar refractivity (Wildman–Crippen MR) is 93.3 cm³/mol. The van der Waals surface area contributed by atoms with E-state index >= 15 is 0 Å². The van der Waals surface area contributed by atoms with Crippen LogP contribution in [-0.2, 0) is 6.18 Å². The summed E-state index contributed by atoms with van der Waals surface area (Å²) in [6.07, 6.45) is -4.69. The maximum atomic E-state index is 13.7. The molecule has 0 saturated carbocycles. The smallest absolute Gasteiger partial charge is 0.423 e. The van der Waals surface area contributed by atoms with E-state index in [2.05, 4.69) is 0 Å². The molecule has 4 N–H and O–H groups in total. The van der Waals surface area contributed by atoms with Crippen LogP contribution in [0.15, 0.2) is 66.7 Å². The second-order valence-electron chi connectivity index (χ2n) is 5.48. The number of nitrogen functional groups attached to an aromatic ring is 2. The van der Waals surface area contributed by atoms with Crippen molar-refractivity contribution in [3.05, 3.63) is 72.3 Å². The number of nitrogens with two attached hydrogens (primary N) is 2. The van der Waals surface area contributed by atoms with Gasteiger partial charge in [-0.25, -0.2) is 0 Å². The lowest BCUT2D eigenvalue weighted by atomic mass is 10.1. The minimum Gasteiger partial charge on any atom is -0.457 e. The summed E-state index contributed by atoms with van der Waals surface area (Å²) in [5.74, 6) is -0.387. The zero-order chi connectivity index (χ0) is 18.7. The number of hydrogen-bond donors (Lipinski definition) is 2. The fraction of sp³-hybridized carbons (Fsp3) is 0.0526. The zero-order valence-electron chi connectivity index (χ0n) is 13.5. The first-order valence-electron chi connectivity index (χ1n) is 7.60. The molecule has 0 aliphatic rings. The molecule has 0 radical (unpaired) electrons. The predicted octanol–water partition coefficient (Wildman–Crippen LogP) is 5.45. The molecular formula is C19H15F3N2O2. The Morgan fingerprint density at radius 3 is 1.46 bits per heavy atom. The molecule has 0 aliphatic carbocycles. The molecule has 0 spiro atoms. The van der Waals surface area contributed by atoms with Gasteiger partial charge < -0.3 is 20.9 Å². The van der Waals surface area contributed by atoms with Crippen LogP contribution in [0.5, 0.6) is 23.0 Å². The van der Waals surface area contributed by atoms with E-state index < -0.39 is 11.7 Å². The molecule has 3 rings (SSSR count). The normalized spacial score (nSPS) is 11.2. The van der Waals surface area contributed by atoms with Gasteiger partial charge in [0.2, 0.25) is 0 Å². The number of halogens is 3. The molecule has 0 amide bonds. The minimum absolute atomic E-state index is 0.191. The summed E-state index contributed by atoms with van der Waals surface area (Å²) in [6.45, 7) is 0. The van der Waals surface area contributed by atoms with Gasteiger partial charge in [-0.1, -0.05) is 18.2 Å². The topological polar surface area (TPSA) is 70.5 Å². The summed E-state index contributed by atoms with van der Waals surface area (Å²) in [5.41, 5.74) is 11.0. The second kappa shape index (κ2) is 6.87. The third-order valence-electron chi connectivity index (χ3n) is 3.44. The van der Waals surface area contributed by atoms with Gasteiger partial charge in [-0.2, -0.15) is 13.2 Å². The van der Waals surface area contributed by atoms with E-state index in [0.29, 0.717) is 11.4 Å². The van der Waals surface area contributed by atoms with Gasteiger partial charge in [-0.3, -0.25) is 0 Å². The number of ether oxygens (including phenoxy) is 2. The Kier molecular flexibility index (Phi) is 4.62. The molecule has 7 heteroatoms. The van der Waals surface area contributed by atoms with Gasteiger partial charge >= 0.3 is 6.18 Å². The third kappa shape index (κ3) is 4.00. The molecule has 0 aromatic heterocycles. The second-order valence-corrected chi connectivity index (χ2v) is 5.48. The Hall–Kier alpha value is -3.35. The molecular weight excluding hydrogens is 345 g/mol. The molecule has 4 nitrogen and oxygen atoms in total. The van der Waals surface area contributed by atoms with Crippen LogP contribution in [0.2, 0.25) is 0 Å². The molecule has 0 bridgehead atoms. The van der Waals surface area contributed by atoms with Gasteiger partial charge in [-0.15, -0.1) is 0 Å². The Morgan fingerprint density at radius 1 is 0.654 bits per heavy atom. The first-order valence-corrected chi connectivity index (χ1v) is 7.60. The number of anilines is 2. The van der Waals surface area contributed by atoms with Crippen molar-refractivity contribution < 1.29 is 22.6 Å². The lowest BCUT2D eigenvalue weighted by molar-refractivity contribution is -0.139. The van der Waals surface area contributed by atoms with Crippen molar-refractivity contribution in [1.82, 2.24) is 0 Å². The quantitative estimate of drug-likeness (QED) is 0.607. The van der Waals surface area contributed by atoms with Crippen LogP contribution in [-0.4, -0.2) is 0 Å². The van der Waals surface area contributed by atoms with Gasteiger partial charge in [0.1, 0.15) is 28.6 Å². The van der Waals surface area contributed by atoms with Gasteiger partial charge in [-0.05, 0) is 36.4 Å². The van der Waals surface area contributed by atoms with Crippen molar-refractivity contribution in [2.24, 2.45) is 0 Å². The zero-order valence-corrected chi connectivity index (χ0v) is 13.5. The lowest BCUT2D eigenvalue weighted by Gasteiger charge is -2.18. The van der Waals surface area contributed by atoms with E-state index in [1.165, 1.54) is 42.5 Å². The molecule has 26 heavy (non-hydrogen) atoms. The molecule has 0 aliphatic heterocycles. The van der Waals surface area contributed by atoms with Crippen LogP contribution in [0, 0.1) is 0 Å². The number of benzene rings is 3.